The van der Waals surface area contributed by atoms with Crippen LogP contribution in [0.15, 0.2) is 24.3 Å². The first-order chi connectivity index (χ1) is 6.35. The van der Waals surface area contributed by atoms with Crippen LogP contribution in [0.1, 0.15) is 23.5 Å². The monoisotopic (exact) mass is 173 g/mol. The van der Waals surface area contributed by atoms with Crippen LogP contribution >= 0.6 is 0 Å². The van der Waals surface area contributed by atoms with Gasteiger partial charge in [0.15, 0.2) is 0 Å². The Kier molecular flexibility index (Phi) is 2.03. The molecule has 1 N–H and O–H groups in total. The number of benzene rings is 1. The summed E-state index contributed by atoms with van der Waals surface area (Å²) in [5, 5.41) is 17.5. The van der Waals surface area contributed by atoms with Gasteiger partial charge in [0, 0.05) is 6.61 Å². The van der Waals surface area contributed by atoms with Gasteiger partial charge in [0.2, 0.25) is 0 Å². The summed E-state index contributed by atoms with van der Waals surface area (Å²) in [5.74, 6) is 0.977. The van der Waals surface area contributed by atoms with Crippen LogP contribution in [-0.4, -0.2) is 11.7 Å². The van der Waals surface area contributed by atoms with Crippen molar-refractivity contribution in [1.29, 1.82) is 5.26 Å². The predicted octanol–water partition coefficient (Wildman–Crippen LogP) is 1.65. The molecule has 0 heterocycles. The second-order valence-corrected chi connectivity index (χ2v) is 3.52. The molecule has 0 aliphatic heterocycles. The molecule has 1 fully saturated rings. The number of nitriles is 1. The van der Waals surface area contributed by atoms with E-state index in [2.05, 4.69) is 6.07 Å². The predicted molar refractivity (Wildman–Crippen MR) is 49.1 cm³/mol. The minimum Gasteiger partial charge on any atom is -0.396 e. The van der Waals surface area contributed by atoms with Crippen LogP contribution in [0.3, 0.4) is 0 Å². The van der Waals surface area contributed by atoms with E-state index in [1.165, 1.54) is 5.56 Å². The summed E-state index contributed by atoms with van der Waals surface area (Å²) in [5.41, 5.74) is 1.95. The third-order valence-electron chi connectivity index (χ3n) is 2.63. The second kappa shape index (κ2) is 3.20. The number of aliphatic hydroxyl groups is 1. The van der Waals surface area contributed by atoms with Gasteiger partial charge in [-0.05, 0) is 36.0 Å². The van der Waals surface area contributed by atoms with Crippen LogP contribution in [0.2, 0.25) is 0 Å². The SMILES string of the molecule is N#Cc1ccc([C@H]2C[C@@H]2CO)cc1. The second-order valence-electron chi connectivity index (χ2n) is 3.52. The van der Waals surface area contributed by atoms with Gasteiger partial charge in [-0.25, -0.2) is 0 Å². The van der Waals surface area contributed by atoms with Crippen molar-refractivity contribution in [3.63, 3.8) is 0 Å². The fourth-order valence-corrected chi connectivity index (χ4v) is 1.66. The Morgan fingerprint density at radius 2 is 2.08 bits per heavy atom. The van der Waals surface area contributed by atoms with Crippen molar-refractivity contribution in [2.24, 2.45) is 5.92 Å². The zero-order chi connectivity index (χ0) is 9.26. The van der Waals surface area contributed by atoms with Gasteiger partial charge in [0.05, 0.1) is 11.6 Å². The van der Waals surface area contributed by atoms with Gasteiger partial charge >= 0.3 is 0 Å². The first kappa shape index (κ1) is 8.28. The molecule has 1 aromatic rings. The number of aliphatic hydroxyl groups excluding tert-OH is 1. The topological polar surface area (TPSA) is 44.0 Å². The van der Waals surface area contributed by atoms with Crippen molar-refractivity contribution in [1.82, 2.24) is 0 Å². The molecule has 2 heteroatoms. The Morgan fingerprint density at radius 3 is 2.54 bits per heavy atom. The van der Waals surface area contributed by atoms with Crippen LogP contribution in [0.4, 0.5) is 0 Å². The lowest BCUT2D eigenvalue weighted by molar-refractivity contribution is 0.274. The molecular formula is C11H11NO. The van der Waals surface area contributed by atoms with Crippen molar-refractivity contribution in [3.8, 4) is 6.07 Å². The van der Waals surface area contributed by atoms with Gasteiger partial charge in [-0.2, -0.15) is 5.26 Å². The molecule has 0 unspecified atom stereocenters. The third kappa shape index (κ3) is 1.56. The maximum atomic E-state index is 8.89. The Labute approximate surface area is 77.4 Å². The van der Waals surface area contributed by atoms with E-state index in [4.69, 9.17) is 10.4 Å². The van der Waals surface area contributed by atoms with E-state index in [-0.39, 0.29) is 6.61 Å². The molecule has 1 aromatic carbocycles. The molecule has 0 spiro atoms. The summed E-state index contributed by atoms with van der Waals surface area (Å²) in [6, 6.07) is 9.73. The molecule has 0 radical (unpaired) electrons. The average molecular weight is 173 g/mol. The summed E-state index contributed by atoms with van der Waals surface area (Å²) in [4.78, 5) is 0. The average Bonchev–Trinajstić information content (AvgIpc) is 2.97. The number of hydrogen-bond donors (Lipinski definition) is 1. The van der Waals surface area contributed by atoms with Gasteiger partial charge in [-0.1, -0.05) is 12.1 Å². The lowest BCUT2D eigenvalue weighted by Gasteiger charge is -1.97. The highest BCUT2D eigenvalue weighted by atomic mass is 16.3. The minimum atomic E-state index is 0.282. The zero-order valence-electron chi connectivity index (χ0n) is 7.27. The summed E-state index contributed by atoms with van der Waals surface area (Å²) in [6.45, 7) is 0.282. The highest BCUT2D eigenvalue weighted by Crippen LogP contribution is 2.46. The van der Waals surface area contributed by atoms with Crippen molar-refractivity contribution in [3.05, 3.63) is 35.4 Å². The molecule has 66 valence electrons. The number of hydrogen-bond acceptors (Lipinski definition) is 2. The van der Waals surface area contributed by atoms with Gasteiger partial charge < -0.3 is 5.11 Å². The largest absolute Gasteiger partial charge is 0.396 e. The van der Waals surface area contributed by atoms with Gasteiger partial charge in [-0.15, -0.1) is 0 Å². The first-order valence-electron chi connectivity index (χ1n) is 4.46. The minimum absolute atomic E-state index is 0.282. The Balaban J connectivity index is 2.12. The molecule has 2 atom stereocenters. The summed E-state index contributed by atoms with van der Waals surface area (Å²) >= 11 is 0. The zero-order valence-corrected chi connectivity index (χ0v) is 7.27. The highest BCUT2D eigenvalue weighted by Gasteiger charge is 2.37. The van der Waals surface area contributed by atoms with E-state index in [1.54, 1.807) is 0 Å². The molecule has 0 saturated heterocycles. The highest BCUT2D eigenvalue weighted by molar-refractivity contribution is 5.35. The standard InChI is InChI=1S/C11H11NO/c12-6-8-1-3-9(4-2-8)11-5-10(11)7-13/h1-4,10-11,13H,5,7H2/t10-,11-/m1/s1. The lowest BCUT2D eigenvalue weighted by atomic mass is 10.1. The van der Waals surface area contributed by atoms with Gasteiger partial charge in [0.25, 0.3) is 0 Å². The molecule has 0 amide bonds. The smallest absolute Gasteiger partial charge is 0.0991 e. The fourth-order valence-electron chi connectivity index (χ4n) is 1.66. The molecule has 1 aliphatic rings. The van der Waals surface area contributed by atoms with E-state index in [0.29, 0.717) is 17.4 Å². The Hall–Kier alpha value is -1.33. The molecule has 1 aliphatic carbocycles. The first-order valence-corrected chi connectivity index (χ1v) is 4.46. The van der Waals surface area contributed by atoms with E-state index in [1.807, 2.05) is 24.3 Å². The normalized spacial score (nSPS) is 25.2. The summed E-state index contributed by atoms with van der Waals surface area (Å²) < 4.78 is 0. The summed E-state index contributed by atoms with van der Waals surface area (Å²) in [7, 11) is 0. The van der Waals surface area contributed by atoms with E-state index in [9.17, 15) is 0 Å². The molecule has 0 bridgehead atoms. The van der Waals surface area contributed by atoms with Gasteiger partial charge in [0.1, 0.15) is 0 Å². The van der Waals surface area contributed by atoms with Crippen molar-refractivity contribution >= 4 is 0 Å². The van der Waals surface area contributed by atoms with Crippen molar-refractivity contribution < 1.29 is 5.11 Å². The molecule has 2 rings (SSSR count). The van der Waals surface area contributed by atoms with Crippen LogP contribution in [0, 0.1) is 17.2 Å². The van der Waals surface area contributed by atoms with E-state index in [0.717, 1.165) is 6.42 Å². The molecular weight excluding hydrogens is 162 g/mol. The fraction of sp³-hybridized carbons (Fsp3) is 0.364. The van der Waals surface area contributed by atoms with Crippen LogP contribution in [0.5, 0.6) is 0 Å². The van der Waals surface area contributed by atoms with E-state index < -0.39 is 0 Å². The molecule has 0 aromatic heterocycles. The van der Waals surface area contributed by atoms with E-state index >= 15 is 0 Å². The maximum Gasteiger partial charge on any atom is 0.0991 e. The van der Waals surface area contributed by atoms with Crippen LogP contribution in [0.25, 0.3) is 0 Å². The maximum absolute atomic E-state index is 8.89. The Morgan fingerprint density at radius 1 is 1.38 bits per heavy atom. The quantitative estimate of drug-likeness (QED) is 0.739. The Bertz CT molecular complexity index is 336. The lowest BCUT2D eigenvalue weighted by Crippen LogP contribution is -1.88. The van der Waals surface area contributed by atoms with Crippen LogP contribution in [-0.2, 0) is 0 Å². The third-order valence-corrected chi connectivity index (χ3v) is 2.63. The number of nitrogens with zero attached hydrogens (tertiary/aromatic N) is 1. The van der Waals surface area contributed by atoms with Crippen LogP contribution < -0.4 is 0 Å². The summed E-state index contributed by atoms with van der Waals surface area (Å²) in [6.07, 6.45) is 1.09. The van der Waals surface area contributed by atoms with Crippen molar-refractivity contribution in [2.45, 2.75) is 12.3 Å². The molecule has 1 saturated carbocycles. The van der Waals surface area contributed by atoms with Crippen molar-refractivity contribution in [2.75, 3.05) is 6.61 Å². The molecule has 13 heavy (non-hydrogen) atoms. The molecule has 2 nitrogen and oxygen atoms in total. The van der Waals surface area contributed by atoms with Gasteiger partial charge in [-0.3, -0.25) is 0 Å². The number of rotatable bonds is 2.